The van der Waals surface area contributed by atoms with Gasteiger partial charge in [0, 0.05) is 18.9 Å². The Balaban J connectivity index is 1.99. The van der Waals surface area contributed by atoms with Gasteiger partial charge < -0.3 is 15.5 Å². The predicted molar refractivity (Wildman–Crippen MR) is 104 cm³/mol. The molecular formula is C19H24ClN3O4. The maximum absolute atomic E-state index is 12.5. The Morgan fingerprint density at radius 3 is 2.48 bits per heavy atom. The maximum atomic E-state index is 12.5. The van der Waals surface area contributed by atoms with E-state index in [9.17, 15) is 14.4 Å². The molecule has 0 spiro atoms. The van der Waals surface area contributed by atoms with Crippen LogP contribution in [0.15, 0.2) is 29.4 Å². The van der Waals surface area contributed by atoms with Crippen molar-refractivity contribution in [3.8, 4) is 0 Å². The summed E-state index contributed by atoms with van der Waals surface area (Å²) in [6.45, 7) is 4.10. The molecule has 1 saturated carbocycles. The van der Waals surface area contributed by atoms with Crippen LogP contribution in [-0.4, -0.2) is 36.0 Å². The molecule has 146 valence electrons. The van der Waals surface area contributed by atoms with E-state index < -0.39 is 18.0 Å². The van der Waals surface area contributed by atoms with Gasteiger partial charge in [0.25, 0.3) is 0 Å². The molecule has 1 fully saturated rings. The number of carbonyl (C=O) groups is 3. The van der Waals surface area contributed by atoms with Crippen LogP contribution in [0.25, 0.3) is 0 Å². The number of urea groups is 1. The highest BCUT2D eigenvalue weighted by Crippen LogP contribution is 2.23. The summed E-state index contributed by atoms with van der Waals surface area (Å²) in [4.78, 5) is 42.3. The van der Waals surface area contributed by atoms with Crippen LogP contribution < -0.4 is 10.6 Å². The van der Waals surface area contributed by atoms with Gasteiger partial charge in [-0.05, 0) is 25.5 Å². The number of carbonyl (C=O) groups excluding carboxylic acids is 3. The van der Waals surface area contributed by atoms with Crippen molar-refractivity contribution in [1.29, 1.82) is 0 Å². The lowest BCUT2D eigenvalue weighted by atomic mass is 9.80. The third kappa shape index (κ3) is 5.79. The van der Waals surface area contributed by atoms with Gasteiger partial charge in [-0.2, -0.15) is 0 Å². The van der Waals surface area contributed by atoms with E-state index in [0.29, 0.717) is 29.4 Å². The molecule has 1 aromatic rings. The minimum absolute atomic E-state index is 0.0706. The first-order valence-corrected chi connectivity index (χ1v) is 9.40. The van der Waals surface area contributed by atoms with Crippen molar-refractivity contribution >= 4 is 40.6 Å². The summed E-state index contributed by atoms with van der Waals surface area (Å²) < 4.78 is 0. The molecule has 0 aromatic heterocycles. The lowest BCUT2D eigenvalue weighted by Gasteiger charge is -2.27. The molecule has 0 saturated heterocycles. The molecule has 0 heterocycles. The number of Topliss-reactive ketones (excluding diaryl/α,β-unsaturated/α-hetero) is 2. The van der Waals surface area contributed by atoms with E-state index in [0.717, 1.165) is 6.42 Å². The molecule has 0 radical (unpaired) electrons. The number of para-hydroxylation sites is 1. The second-order valence-corrected chi connectivity index (χ2v) is 6.71. The van der Waals surface area contributed by atoms with Gasteiger partial charge in [-0.15, -0.1) is 0 Å². The van der Waals surface area contributed by atoms with Crippen molar-refractivity contribution in [3.05, 3.63) is 29.3 Å². The molecule has 2 N–H and O–H groups in total. The molecule has 0 atom stereocenters. The van der Waals surface area contributed by atoms with Crippen LogP contribution in [-0.2, 0) is 14.4 Å². The monoisotopic (exact) mass is 393 g/mol. The summed E-state index contributed by atoms with van der Waals surface area (Å²) in [5, 5.41) is 9.66. The standard InChI is InChI=1S/C19H24ClN3O4/c1-3-7-15(23-27-4-2)18-16(24)10-12(11-17(18)25)21-19(26)22-14-9-6-5-8-13(14)20/h5-6,8-9,12,18H,3-4,7,10-11H2,1-2H3,(H2,21,22,26)/b23-15+. The number of benzene rings is 1. The van der Waals surface area contributed by atoms with Crippen LogP contribution >= 0.6 is 11.6 Å². The van der Waals surface area contributed by atoms with Crippen molar-refractivity contribution in [2.45, 2.75) is 45.6 Å². The maximum Gasteiger partial charge on any atom is 0.319 e. The van der Waals surface area contributed by atoms with Crippen LogP contribution in [0.1, 0.15) is 39.5 Å². The van der Waals surface area contributed by atoms with Crippen LogP contribution in [0.5, 0.6) is 0 Å². The number of ketones is 2. The van der Waals surface area contributed by atoms with E-state index in [1.807, 2.05) is 6.92 Å². The summed E-state index contributed by atoms with van der Waals surface area (Å²) in [6, 6.07) is 5.75. The van der Waals surface area contributed by atoms with Crippen molar-refractivity contribution in [3.63, 3.8) is 0 Å². The van der Waals surface area contributed by atoms with Crippen LogP contribution in [0.2, 0.25) is 5.02 Å². The summed E-state index contributed by atoms with van der Waals surface area (Å²) in [7, 11) is 0. The second kappa shape index (κ2) is 10.1. The molecule has 27 heavy (non-hydrogen) atoms. The van der Waals surface area contributed by atoms with Gasteiger partial charge in [0.2, 0.25) is 0 Å². The molecule has 1 aliphatic rings. The van der Waals surface area contributed by atoms with E-state index in [-0.39, 0.29) is 24.4 Å². The smallest absolute Gasteiger partial charge is 0.319 e. The Labute approximate surface area is 163 Å². The molecule has 1 aliphatic carbocycles. The zero-order valence-electron chi connectivity index (χ0n) is 15.5. The predicted octanol–water partition coefficient (Wildman–Crippen LogP) is 3.57. The molecule has 1 aromatic carbocycles. The lowest BCUT2D eigenvalue weighted by Crippen LogP contribution is -2.48. The van der Waals surface area contributed by atoms with Crippen molar-refractivity contribution in [2.24, 2.45) is 11.1 Å². The van der Waals surface area contributed by atoms with Gasteiger partial charge in [-0.1, -0.05) is 42.2 Å². The van der Waals surface area contributed by atoms with Crippen LogP contribution in [0, 0.1) is 5.92 Å². The van der Waals surface area contributed by atoms with Crippen molar-refractivity contribution < 1.29 is 19.2 Å². The Morgan fingerprint density at radius 1 is 1.22 bits per heavy atom. The highest BCUT2D eigenvalue weighted by molar-refractivity contribution is 6.33. The van der Waals surface area contributed by atoms with Gasteiger partial charge in [0.05, 0.1) is 16.4 Å². The number of rotatable bonds is 7. The van der Waals surface area contributed by atoms with Crippen LogP contribution in [0.3, 0.4) is 0 Å². The molecule has 7 nitrogen and oxygen atoms in total. The zero-order valence-corrected chi connectivity index (χ0v) is 16.2. The zero-order chi connectivity index (χ0) is 19.8. The van der Waals surface area contributed by atoms with Gasteiger partial charge in [0.15, 0.2) is 11.6 Å². The van der Waals surface area contributed by atoms with Gasteiger partial charge in [0.1, 0.15) is 12.5 Å². The lowest BCUT2D eigenvalue weighted by molar-refractivity contribution is -0.133. The largest absolute Gasteiger partial charge is 0.396 e. The van der Waals surface area contributed by atoms with E-state index in [1.165, 1.54) is 0 Å². The van der Waals surface area contributed by atoms with E-state index in [2.05, 4.69) is 15.8 Å². The second-order valence-electron chi connectivity index (χ2n) is 6.30. The molecule has 0 bridgehead atoms. The number of anilines is 1. The quantitative estimate of drug-likeness (QED) is 0.420. The number of hydrogen-bond acceptors (Lipinski definition) is 5. The Hall–Kier alpha value is -2.41. The first-order valence-electron chi connectivity index (χ1n) is 9.02. The summed E-state index contributed by atoms with van der Waals surface area (Å²) >= 11 is 6.01. The number of hydrogen-bond donors (Lipinski definition) is 2. The summed E-state index contributed by atoms with van der Waals surface area (Å²) in [6.07, 6.45) is 1.42. The Bertz CT molecular complexity index is 717. The summed E-state index contributed by atoms with van der Waals surface area (Å²) in [5.74, 6) is -1.37. The SMILES string of the molecule is CCC/C(=N\OCC)C1C(=O)CC(NC(=O)Nc2ccccc2Cl)CC1=O. The molecule has 0 aliphatic heterocycles. The van der Waals surface area contributed by atoms with Gasteiger partial charge in [-0.3, -0.25) is 9.59 Å². The number of nitrogens with zero attached hydrogens (tertiary/aromatic N) is 1. The number of oxime groups is 1. The van der Waals surface area contributed by atoms with Crippen molar-refractivity contribution in [1.82, 2.24) is 5.32 Å². The average molecular weight is 394 g/mol. The topological polar surface area (TPSA) is 96.9 Å². The van der Waals surface area contributed by atoms with Crippen molar-refractivity contribution in [2.75, 3.05) is 11.9 Å². The first-order chi connectivity index (χ1) is 13.0. The fourth-order valence-electron chi connectivity index (χ4n) is 3.00. The number of halogens is 1. The molecular weight excluding hydrogens is 370 g/mol. The van der Waals surface area contributed by atoms with E-state index >= 15 is 0 Å². The number of amides is 2. The molecule has 2 rings (SSSR count). The minimum Gasteiger partial charge on any atom is -0.396 e. The third-order valence-corrected chi connectivity index (χ3v) is 4.48. The minimum atomic E-state index is -0.874. The molecule has 0 unspecified atom stereocenters. The Kier molecular flexibility index (Phi) is 7.79. The van der Waals surface area contributed by atoms with Crippen LogP contribution in [0.4, 0.5) is 10.5 Å². The molecule has 8 heteroatoms. The van der Waals surface area contributed by atoms with E-state index in [4.69, 9.17) is 16.4 Å². The highest BCUT2D eigenvalue weighted by atomic mass is 35.5. The first kappa shape index (κ1) is 20.9. The fourth-order valence-corrected chi connectivity index (χ4v) is 3.18. The molecule has 2 amide bonds. The highest BCUT2D eigenvalue weighted by Gasteiger charge is 2.39. The third-order valence-electron chi connectivity index (χ3n) is 4.15. The van der Waals surface area contributed by atoms with Gasteiger partial charge in [-0.25, -0.2) is 4.79 Å². The normalized spacial score (nSPS) is 20.3. The van der Waals surface area contributed by atoms with E-state index in [1.54, 1.807) is 31.2 Å². The Morgan fingerprint density at radius 2 is 1.89 bits per heavy atom. The van der Waals surface area contributed by atoms with Gasteiger partial charge >= 0.3 is 6.03 Å². The summed E-state index contributed by atoms with van der Waals surface area (Å²) in [5.41, 5.74) is 0.922. The number of nitrogens with one attached hydrogen (secondary N) is 2. The fraction of sp³-hybridized carbons (Fsp3) is 0.474. The average Bonchev–Trinajstić information content (AvgIpc) is 2.61.